The van der Waals surface area contributed by atoms with Crippen molar-refractivity contribution in [3.05, 3.63) is 86.7 Å². The van der Waals surface area contributed by atoms with E-state index >= 15 is 0 Å². The third kappa shape index (κ3) is 4.60. The maximum absolute atomic E-state index is 13.8. The molecular weight excluding hydrogens is 432 g/mol. The van der Waals surface area contributed by atoms with E-state index in [1.807, 2.05) is 30.0 Å². The summed E-state index contributed by atoms with van der Waals surface area (Å²) in [6.45, 7) is 2.13. The van der Waals surface area contributed by atoms with Crippen molar-refractivity contribution in [3.8, 4) is 0 Å². The number of allylic oxidation sites excluding steroid dienone is 2. The minimum absolute atomic E-state index is 0.0189. The van der Waals surface area contributed by atoms with Crippen molar-refractivity contribution in [1.82, 2.24) is 0 Å². The highest BCUT2D eigenvalue weighted by Gasteiger charge is 2.20. The lowest BCUT2D eigenvalue weighted by Gasteiger charge is -2.30. The zero-order chi connectivity index (χ0) is 20.3. The molecule has 0 spiro atoms. The number of halogens is 3. The lowest BCUT2D eigenvalue weighted by Crippen LogP contribution is -2.26. The second-order valence-corrected chi connectivity index (χ2v) is 7.45. The highest BCUT2D eigenvalue weighted by atomic mass is 79.9. The van der Waals surface area contributed by atoms with Crippen LogP contribution in [0.15, 0.2) is 58.4 Å². The van der Waals surface area contributed by atoms with Crippen LogP contribution in [-0.4, -0.2) is 16.8 Å². The highest BCUT2D eigenvalue weighted by Crippen LogP contribution is 2.31. The van der Waals surface area contributed by atoms with E-state index in [1.54, 1.807) is 6.07 Å². The number of anilines is 1. The quantitative estimate of drug-likeness (QED) is 0.678. The molecule has 2 N–H and O–H groups in total. The number of hydrogen-bond acceptors (Lipinski definition) is 4. The Labute approximate surface area is 170 Å². The monoisotopic (exact) mass is 451 g/mol. The number of benzene rings is 2. The molecule has 0 atom stereocenters. The van der Waals surface area contributed by atoms with Gasteiger partial charge in [0, 0.05) is 29.1 Å². The number of hydrogen-bond donors (Lipinski definition) is 2. The lowest BCUT2D eigenvalue weighted by molar-refractivity contribution is 0.204. The van der Waals surface area contributed by atoms with Crippen LogP contribution in [0.25, 0.3) is 0 Å². The average Bonchev–Trinajstić information content (AvgIpc) is 2.68. The Kier molecular flexibility index (Phi) is 6.49. The first-order chi connectivity index (χ1) is 13.4. The first-order valence-electron chi connectivity index (χ1n) is 8.67. The van der Waals surface area contributed by atoms with Gasteiger partial charge in [-0.1, -0.05) is 6.07 Å². The topological polar surface area (TPSA) is 52.9 Å². The van der Waals surface area contributed by atoms with Gasteiger partial charge in [-0.15, -0.1) is 0 Å². The van der Waals surface area contributed by atoms with Crippen LogP contribution in [0, 0.1) is 11.6 Å². The Morgan fingerprint density at radius 1 is 1.07 bits per heavy atom. The van der Waals surface area contributed by atoms with Crippen LogP contribution in [0.1, 0.15) is 23.6 Å². The number of aliphatic hydroxyl groups is 2. The molecule has 0 bridgehead atoms. The maximum atomic E-state index is 13.8. The lowest BCUT2D eigenvalue weighted by atomic mass is 10.1. The Hall–Kier alpha value is -2.22. The largest absolute Gasteiger partial charge is 0.488 e. The number of aliphatic hydroxyl groups excluding tert-OH is 2. The predicted octanol–water partition coefficient (Wildman–Crippen LogP) is 4.50. The maximum Gasteiger partial charge on any atom is 0.133 e. The summed E-state index contributed by atoms with van der Waals surface area (Å²) in [5.41, 5.74) is 3.42. The standard InChI is InChI=1S/C21H20BrF2NO3/c1-13-4-21(28-12-16-2-3-17(23)8-20(16)24)19(22)9-25(13)18-6-14(10-26)5-15(7-18)11-27/h2-8,26-27H,9-12H2,1H3. The molecular formula is C21H20BrF2NO3. The van der Waals surface area contributed by atoms with Crippen LogP contribution in [0.2, 0.25) is 0 Å². The van der Waals surface area contributed by atoms with E-state index in [-0.39, 0.29) is 25.4 Å². The third-order valence-corrected chi connectivity index (χ3v) is 5.08. The van der Waals surface area contributed by atoms with Gasteiger partial charge in [0.15, 0.2) is 0 Å². The van der Waals surface area contributed by atoms with Gasteiger partial charge in [-0.05, 0) is 58.2 Å². The van der Waals surface area contributed by atoms with Gasteiger partial charge >= 0.3 is 0 Å². The summed E-state index contributed by atoms with van der Waals surface area (Å²) >= 11 is 3.51. The summed E-state index contributed by atoms with van der Waals surface area (Å²) < 4.78 is 33.3. The first kappa shape index (κ1) is 20.5. The molecule has 0 saturated heterocycles. The van der Waals surface area contributed by atoms with E-state index in [1.165, 1.54) is 12.1 Å². The second-order valence-electron chi connectivity index (χ2n) is 6.49. The summed E-state index contributed by atoms with van der Waals surface area (Å²) in [6, 6.07) is 8.86. The Bertz CT molecular complexity index is 921. The fourth-order valence-corrected chi connectivity index (χ4v) is 3.46. The van der Waals surface area contributed by atoms with E-state index in [2.05, 4.69) is 15.9 Å². The average molecular weight is 452 g/mol. The van der Waals surface area contributed by atoms with Gasteiger partial charge in [-0.2, -0.15) is 0 Å². The van der Waals surface area contributed by atoms with Gasteiger partial charge in [0.25, 0.3) is 0 Å². The fraction of sp³-hybridized carbons (Fsp3) is 0.238. The van der Waals surface area contributed by atoms with E-state index < -0.39 is 11.6 Å². The Morgan fingerprint density at radius 3 is 2.36 bits per heavy atom. The number of ether oxygens (including phenoxy) is 1. The van der Waals surface area contributed by atoms with Crippen LogP contribution in [0.5, 0.6) is 0 Å². The minimum Gasteiger partial charge on any atom is -0.488 e. The van der Waals surface area contributed by atoms with Gasteiger partial charge in [-0.3, -0.25) is 0 Å². The molecule has 7 heteroatoms. The second kappa shape index (κ2) is 8.86. The summed E-state index contributed by atoms with van der Waals surface area (Å²) in [5, 5.41) is 18.9. The molecule has 0 unspecified atom stereocenters. The minimum atomic E-state index is -0.646. The van der Waals surface area contributed by atoms with E-state index in [0.29, 0.717) is 23.4 Å². The molecule has 0 fully saturated rings. The Morgan fingerprint density at radius 2 is 1.75 bits per heavy atom. The SMILES string of the molecule is CC1=CC(OCc2ccc(F)cc2F)=C(Br)CN1c1cc(CO)cc(CO)c1. The molecule has 1 aliphatic heterocycles. The van der Waals surface area contributed by atoms with Crippen molar-refractivity contribution in [2.45, 2.75) is 26.7 Å². The van der Waals surface area contributed by atoms with Crippen LogP contribution in [-0.2, 0) is 24.6 Å². The molecule has 0 amide bonds. The molecule has 4 nitrogen and oxygen atoms in total. The van der Waals surface area contributed by atoms with Crippen LogP contribution < -0.4 is 4.90 Å². The van der Waals surface area contributed by atoms with E-state index in [0.717, 1.165) is 21.9 Å². The third-order valence-electron chi connectivity index (χ3n) is 4.44. The molecule has 2 aromatic rings. The molecule has 1 aliphatic rings. The van der Waals surface area contributed by atoms with Crippen molar-refractivity contribution in [2.24, 2.45) is 0 Å². The van der Waals surface area contributed by atoms with Crippen LogP contribution in [0.3, 0.4) is 0 Å². The molecule has 0 saturated carbocycles. The van der Waals surface area contributed by atoms with E-state index in [4.69, 9.17) is 4.74 Å². The van der Waals surface area contributed by atoms with Gasteiger partial charge in [0.05, 0.1) is 24.2 Å². The zero-order valence-electron chi connectivity index (χ0n) is 15.3. The molecule has 2 aromatic carbocycles. The number of rotatable bonds is 6. The molecule has 28 heavy (non-hydrogen) atoms. The summed E-state index contributed by atoms with van der Waals surface area (Å²) in [5.74, 6) is -0.705. The van der Waals surface area contributed by atoms with Crippen molar-refractivity contribution >= 4 is 21.6 Å². The van der Waals surface area contributed by atoms with Gasteiger partial charge in [0.1, 0.15) is 24.0 Å². The van der Waals surface area contributed by atoms with Gasteiger partial charge < -0.3 is 19.8 Å². The molecule has 0 aromatic heterocycles. The Balaban J connectivity index is 1.78. The smallest absolute Gasteiger partial charge is 0.133 e. The summed E-state index contributed by atoms with van der Waals surface area (Å²) in [6.07, 6.45) is 1.82. The van der Waals surface area contributed by atoms with Crippen LogP contribution >= 0.6 is 15.9 Å². The highest BCUT2D eigenvalue weighted by molar-refractivity contribution is 9.11. The normalized spacial score (nSPS) is 14.4. The van der Waals surface area contributed by atoms with Crippen LogP contribution in [0.4, 0.5) is 14.5 Å². The first-order valence-corrected chi connectivity index (χ1v) is 9.46. The van der Waals surface area contributed by atoms with E-state index in [9.17, 15) is 19.0 Å². The van der Waals surface area contributed by atoms with Gasteiger partial charge in [0.2, 0.25) is 0 Å². The molecule has 0 radical (unpaired) electrons. The summed E-state index contributed by atoms with van der Waals surface area (Å²) in [7, 11) is 0. The van der Waals surface area contributed by atoms with Crippen molar-refractivity contribution < 1.29 is 23.7 Å². The molecule has 3 rings (SSSR count). The predicted molar refractivity (Wildman–Crippen MR) is 106 cm³/mol. The molecule has 1 heterocycles. The molecule has 0 aliphatic carbocycles. The zero-order valence-corrected chi connectivity index (χ0v) is 16.8. The summed E-state index contributed by atoms with van der Waals surface area (Å²) in [4.78, 5) is 2.01. The fourth-order valence-electron chi connectivity index (χ4n) is 2.98. The van der Waals surface area contributed by atoms with Crippen molar-refractivity contribution in [3.63, 3.8) is 0 Å². The number of nitrogens with zero attached hydrogens (tertiary/aromatic N) is 1. The van der Waals surface area contributed by atoms with Crippen molar-refractivity contribution in [2.75, 3.05) is 11.4 Å². The van der Waals surface area contributed by atoms with Crippen molar-refractivity contribution in [1.29, 1.82) is 0 Å². The molecule has 148 valence electrons. The van der Waals surface area contributed by atoms with Gasteiger partial charge in [-0.25, -0.2) is 8.78 Å².